The van der Waals surface area contributed by atoms with Crippen LogP contribution in [0.3, 0.4) is 0 Å². The molecule has 0 spiro atoms. The van der Waals surface area contributed by atoms with Crippen molar-refractivity contribution in [3.63, 3.8) is 0 Å². The minimum atomic E-state index is -0.905. The second-order valence-electron chi connectivity index (χ2n) is 6.14. The highest BCUT2D eigenvalue weighted by molar-refractivity contribution is 5.92. The van der Waals surface area contributed by atoms with E-state index in [0.29, 0.717) is 16.9 Å². The molecule has 5 nitrogen and oxygen atoms in total. The van der Waals surface area contributed by atoms with E-state index in [-0.39, 0.29) is 18.3 Å². The summed E-state index contributed by atoms with van der Waals surface area (Å²) in [4.78, 5) is 11.4. The average molecular weight is 299 g/mol. The number of aliphatic hydroxyl groups is 1. The number of ether oxygens (including phenoxy) is 2. The maximum atomic E-state index is 11.4. The van der Waals surface area contributed by atoms with E-state index in [1.54, 1.807) is 38.1 Å². The van der Waals surface area contributed by atoms with Crippen molar-refractivity contribution in [2.24, 2.45) is 0 Å². The van der Waals surface area contributed by atoms with Gasteiger partial charge in [0.1, 0.15) is 23.6 Å². The fourth-order valence-corrected chi connectivity index (χ4v) is 2.79. The maximum Gasteiger partial charge on any atom is 0.158 e. The Kier molecular flexibility index (Phi) is 3.51. The van der Waals surface area contributed by atoms with Crippen LogP contribution in [-0.4, -0.2) is 28.7 Å². The van der Waals surface area contributed by atoms with E-state index in [4.69, 9.17) is 14.7 Å². The van der Waals surface area contributed by atoms with Gasteiger partial charge in [-0.15, -0.1) is 0 Å². The maximum absolute atomic E-state index is 11.4. The topological polar surface area (TPSA) is 79.5 Å². The molecular formula is C17H17NO4. The molecule has 1 aromatic carbocycles. The minimum Gasteiger partial charge on any atom is -0.485 e. The molecule has 0 aromatic heterocycles. The molecule has 1 aliphatic heterocycles. The van der Waals surface area contributed by atoms with Crippen LogP contribution in [0.1, 0.15) is 37.5 Å². The Labute approximate surface area is 128 Å². The first kappa shape index (κ1) is 14.8. The predicted molar refractivity (Wildman–Crippen MR) is 78.2 cm³/mol. The SMILES string of the molecule is CC1(C)Oc2ccc(C#N)cc2C(OC2C=CC(=O)C2)C1O. The quantitative estimate of drug-likeness (QED) is 0.904. The Bertz CT molecular complexity index is 686. The third-order valence-electron chi connectivity index (χ3n) is 4.04. The number of hydrogen-bond donors (Lipinski definition) is 1. The molecule has 114 valence electrons. The Morgan fingerprint density at radius 3 is 2.86 bits per heavy atom. The Morgan fingerprint density at radius 2 is 2.23 bits per heavy atom. The molecule has 22 heavy (non-hydrogen) atoms. The molecule has 1 aliphatic carbocycles. The van der Waals surface area contributed by atoms with E-state index >= 15 is 0 Å². The second kappa shape index (κ2) is 5.24. The highest BCUT2D eigenvalue weighted by Crippen LogP contribution is 2.43. The monoisotopic (exact) mass is 299 g/mol. The van der Waals surface area contributed by atoms with Crippen molar-refractivity contribution >= 4 is 5.78 Å². The summed E-state index contributed by atoms with van der Waals surface area (Å²) in [5, 5.41) is 19.7. The van der Waals surface area contributed by atoms with E-state index in [9.17, 15) is 9.90 Å². The number of fused-ring (bicyclic) bond motifs is 1. The summed E-state index contributed by atoms with van der Waals surface area (Å²) in [6.07, 6.45) is 1.56. The summed E-state index contributed by atoms with van der Waals surface area (Å²) >= 11 is 0. The molecule has 0 fully saturated rings. The van der Waals surface area contributed by atoms with E-state index in [2.05, 4.69) is 6.07 Å². The average Bonchev–Trinajstić information content (AvgIpc) is 2.88. The van der Waals surface area contributed by atoms with Gasteiger partial charge in [-0.25, -0.2) is 0 Å². The second-order valence-corrected chi connectivity index (χ2v) is 6.14. The van der Waals surface area contributed by atoms with Gasteiger partial charge in [0.05, 0.1) is 17.7 Å². The van der Waals surface area contributed by atoms with Crippen LogP contribution >= 0.6 is 0 Å². The fourth-order valence-electron chi connectivity index (χ4n) is 2.79. The van der Waals surface area contributed by atoms with Crippen molar-refractivity contribution in [2.75, 3.05) is 0 Å². The lowest BCUT2D eigenvalue weighted by atomic mass is 9.87. The molecule has 5 heteroatoms. The van der Waals surface area contributed by atoms with Crippen molar-refractivity contribution in [1.29, 1.82) is 5.26 Å². The number of nitrogens with zero attached hydrogens (tertiary/aromatic N) is 1. The first-order valence-corrected chi connectivity index (χ1v) is 7.18. The van der Waals surface area contributed by atoms with Crippen LogP contribution in [0.2, 0.25) is 0 Å². The molecule has 1 N–H and O–H groups in total. The Balaban J connectivity index is 1.98. The Hall–Kier alpha value is -2.16. The molecule has 1 aromatic rings. The molecule has 0 saturated heterocycles. The van der Waals surface area contributed by atoms with Crippen molar-refractivity contribution in [3.8, 4) is 11.8 Å². The first-order valence-electron chi connectivity index (χ1n) is 7.18. The first-order chi connectivity index (χ1) is 10.4. The summed E-state index contributed by atoms with van der Waals surface area (Å²) in [5.74, 6) is 0.601. The smallest absolute Gasteiger partial charge is 0.158 e. The zero-order valence-corrected chi connectivity index (χ0v) is 12.4. The van der Waals surface area contributed by atoms with Crippen molar-refractivity contribution < 1.29 is 19.4 Å². The molecule has 2 aliphatic rings. The molecule has 0 amide bonds. The van der Waals surface area contributed by atoms with E-state index in [1.807, 2.05) is 0 Å². The summed E-state index contributed by atoms with van der Waals surface area (Å²) < 4.78 is 11.8. The number of carbonyl (C=O) groups excluding carboxylic acids is 1. The minimum absolute atomic E-state index is 0.0109. The van der Waals surface area contributed by atoms with Gasteiger partial charge in [-0.1, -0.05) is 6.08 Å². The highest BCUT2D eigenvalue weighted by atomic mass is 16.5. The third kappa shape index (κ3) is 2.52. The summed E-state index contributed by atoms with van der Waals surface area (Å²) in [7, 11) is 0. The summed E-state index contributed by atoms with van der Waals surface area (Å²) in [6, 6.07) is 7.12. The number of hydrogen-bond acceptors (Lipinski definition) is 5. The lowest BCUT2D eigenvalue weighted by Crippen LogP contribution is -2.50. The molecule has 3 rings (SSSR count). The van der Waals surface area contributed by atoms with Crippen LogP contribution in [0.15, 0.2) is 30.4 Å². The van der Waals surface area contributed by atoms with Crippen molar-refractivity contribution in [2.45, 2.75) is 44.2 Å². The largest absolute Gasteiger partial charge is 0.485 e. The summed E-state index contributed by atoms with van der Waals surface area (Å²) in [5.41, 5.74) is 0.289. The van der Waals surface area contributed by atoms with Crippen molar-refractivity contribution in [1.82, 2.24) is 0 Å². The van der Waals surface area contributed by atoms with Gasteiger partial charge in [0.2, 0.25) is 0 Å². The standard InChI is InChI=1S/C17H17NO4/c1-17(2)16(20)15(21-12-5-4-11(19)8-12)13-7-10(9-18)3-6-14(13)22-17/h3-7,12,15-16,20H,8H2,1-2H3. The van der Waals surface area contributed by atoms with E-state index < -0.39 is 17.8 Å². The van der Waals surface area contributed by atoms with E-state index in [1.165, 1.54) is 6.08 Å². The molecule has 0 radical (unpaired) electrons. The Morgan fingerprint density at radius 1 is 1.45 bits per heavy atom. The van der Waals surface area contributed by atoms with Gasteiger partial charge in [-0.3, -0.25) is 4.79 Å². The van der Waals surface area contributed by atoms with Gasteiger partial charge in [0.25, 0.3) is 0 Å². The van der Waals surface area contributed by atoms with Crippen LogP contribution in [0.5, 0.6) is 5.75 Å². The highest BCUT2D eigenvalue weighted by Gasteiger charge is 2.44. The number of carbonyl (C=O) groups is 1. The van der Waals surface area contributed by atoms with Gasteiger partial charge in [-0.05, 0) is 38.1 Å². The summed E-state index contributed by atoms with van der Waals surface area (Å²) in [6.45, 7) is 3.57. The van der Waals surface area contributed by atoms with Crippen molar-refractivity contribution in [3.05, 3.63) is 41.5 Å². The lowest BCUT2D eigenvalue weighted by molar-refractivity contribution is -0.147. The molecule has 0 saturated carbocycles. The van der Waals surface area contributed by atoms with Crippen LogP contribution in [0.25, 0.3) is 0 Å². The molecule has 3 atom stereocenters. The van der Waals surface area contributed by atoms with Gasteiger partial charge in [0.15, 0.2) is 5.78 Å². The van der Waals surface area contributed by atoms with Crippen LogP contribution in [0, 0.1) is 11.3 Å². The zero-order chi connectivity index (χ0) is 15.9. The van der Waals surface area contributed by atoms with E-state index in [0.717, 1.165) is 0 Å². The number of nitriles is 1. The number of aliphatic hydroxyl groups excluding tert-OH is 1. The van der Waals surface area contributed by atoms with Gasteiger partial charge < -0.3 is 14.6 Å². The van der Waals surface area contributed by atoms with Crippen LogP contribution in [0.4, 0.5) is 0 Å². The number of rotatable bonds is 2. The molecular weight excluding hydrogens is 282 g/mol. The third-order valence-corrected chi connectivity index (χ3v) is 4.04. The zero-order valence-electron chi connectivity index (χ0n) is 12.4. The molecule has 1 heterocycles. The normalized spacial score (nSPS) is 28.8. The molecule has 3 unspecified atom stereocenters. The number of ketones is 1. The van der Waals surface area contributed by atoms with Crippen LogP contribution < -0.4 is 4.74 Å². The van der Waals surface area contributed by atoms with Gasteiger partial charge in [0, 0.05) is 12.0 Å². The van der Waals surface area contributed by atoms with Crippen LogP contribution in [-0.2, 0) is 9.53 Å². The molecule has 0 bridgehead atoms. The number of allylic oxidation sites excluding steroid dienone is 1. The van der Waals surface area contributed by atoms with Gasteiger partial charge in [-0.2, -0.15) is 5.26 Å². The fraction of sp³-hybridized carbons (Fsp3) is 0.412. The van der Waals surface area contributed by atoms with Gasteiger partial charge >= 0.3 is 0 Å². The lowest BCUT2D eigenvalue weighted by Gasteiger charge is -2.42. The predicted octanol–water partition coefficient (Wildman–Crippen LogP) is 2.05. The number of benzene rings is 1.